The van der Waals surface area contributed by atoms with Crippen LogP contribution in [0.2, 0.25) is 0 Å². The number of ether oxygens (including phenoxy) is 2. The summed E-state index contributed by atoms with van der Waals surface area (Å²) in [6, 6.07) is 7.29. The zero-order valence-corrected chi connectivity index (χ0v) is 21.0. The number of aromatic amines is 2. The van der Waals surface area contributed by atoms with Crippen molar-refractivity contribution < 1.29 is 36.7 Å². The summed E-state index contributed by atoms with van der Waals surface area (Å²) in [4.78, 5) is 35.8. The number of ketones is 1. The first-order valence-electron chi connectivity index (χ1n) is 11.9. The van der Waals surface area contributed by atoms with E-state index in [2.05, 4.69) is 30.3 Å². The molecule has 0 spiro atoms. The fourth-order valence-electron chi connectivity index (χ4n) is 4.72. The number of anilines is 1. The van der Waals surface area contributed by atoms with Crippen LogP contribution in [-0.4, -0.2) is 52.8 Å². The van der Waals surface area contributed by atoms with Gasteiger partial charge in [-0.2, -0.15) is 0 Å². The molecular weight excluding hydrogens is 539 g/mol. The van der Waals surface area contributed by atoms with Crippen molar-refractivity contribution in [2.24, 2.45) is 0 Å². The van der Waals surface area contributed by atoms with Gasteiger partial charge in [-0.1, -0.05) is 0 Å². The van der Waals surface area contributed by atoms with Crippen LogP contribution in [0.25, 0.3) is 11.0 Å². The van der Waals surface area contributed by atoms with E-state index in [-0.39, 0.29) is 30.4 Å². The summed E-state index contributed by atoms with van der Waals surface area (Å²) >= 11 is 1.14. The molecule has 6 rings (SSSR count). The maximum atomic E-state index is 13.0. The number of alkyl halides is 3. The van der Waals surface area contributed by atoms with Crippen LogP contribution in [-0.2, 0) is 9.53 Å². The molecule has 1 unspecified atom stereocenters. The zero-order valence-electron chi connectivity index (χ0n) is 20.2. The molecule has 1 atom stereocenters. The molecule has 1 aromatic carbocycles. The number of nitrogens with one attached hydrogen (secondary N) is 4. The third-order valence-corrected chi connectivity index (χ3v) is 7.04. The maximum absolute atomic E-state index is 13.0. The van der Waals surface area contributed by atoms with Gasteiger partial charge in [0, 0.05) is 35.6 Å². The molecule has 5 heterocycles. The number of carbonyl (C=O) groups excluding carboxylic acids is 2. The number of hydrogen-bond donors (Lipinski definition) is 4. The summed E-state index contributed by atoms with van der Waals surface area (Å²) in [6.07, 6.45) is -3.14. The Kier molecular flexibility index (Phi) is 6.14. The molecule has 0 saturated carbocycles. The van der Waals surface area contributed by atoms with Crippen LogP contribution in [0, 0.1) is 0 Å². The number of esters is 1. The molecule has 4 N–H and O–H groups in total. The number of aromatic nitrogens is 3. The molecule has 0 fully saturated rings. The summed E-state index contributed by atoms with van der Waals surface area (Å²) < 4.78 is 53.0. The standard InChI is InChI=1S/C25H20F3N5O5S/c1-2-36-23(35)22-21-12(8-30-22)19(20-15(31-21)9-29-10-16(20)34)17-5-6-18(37-17)39-24-32-13-4-3-11(7-14(13)33-24)38-25(26,27)28/h3-8,19,29-31H,2,9-10H2,1H3,(H,32,33). The van der Waals surface area contributed by atoms with Crippen molar-refractivity contribution in [1.29, 1.82) is 0 Å². The molecule has 202 valence electrons. The quantitative estimate of drug-likeness (QED) is 0.248. The number of fused-ring (bicyclic) bond motifs is 2. The molecule has 39 heavy (non-hydrogen) atoms. The molecular formula is C25H20F3N5O5S. The average Bonchev–Trinajstić information content (AvgIpc) is 3.60. The second kappa shape index (κ2) is 9.54. The van der Waals surface area contributed by atoms with Crippen LogP contribution in [0.3, 0.4) is 0 Å². The number of carbonyl (C=O) groups is 2. The van der Waals surface area contributed by atoms with Crippen molar-refractivity contribution >= 4 is 40.2 Å². The third-order valence-electron chi connectivity index (χ3n) is 6.23. The minimum atomic E-state index is -4.80. The highest BCUT2D eigenvalue weighted by molar-refractivity contribution is 7.99. The number of hydrogen-bond acceptors (Lipinski definition) is 9. The second-order valence-corrected chi connectivity index (χ2v) is 9.71. The van der Waals surface area contributed by atoms with Crippen molar-refractivity contribution in [1.82, 2.24) is 20.3 Å². The van der Waals surface area contributed by atoms with E-state index in [1.54, 1.807) is 25.3 Å². The maximum Gasteiger partial charge on any atom is 0.573 e. The summed E-state index contributed by atoms with van der Waals surface area (Å²) in [5.41, 5.74) is 3.45. The topological polar surface area (TPSA) is 134 Å². The molecule has 0 radical (unpaired) electrons. The normalized spacial score (nSPS) is 17.1. The first-order valence-corrected chi connectivity index (χ1v) is 12.7. The molecule has 0 bridgehead atoms. The smallest absolute Gasteiger partial charge is 0.461 e. The molecule has 3 aromatic heterocycles. The molecule has 14 heteroatoms. The number of imidazole rings is 1. The molecule has 0 saturated heterocycles. The number of furan rings is 1. The zero-order chi connectivity index (χ0) is 27.3. The lowest BCUT2D eigenvalue weighted by molar-refractivity contribution is -0.274. The van der Waals surface area contributed by atoms with E-state index in [9.17, 15) is 22.8 Å². The van der Waals surface area contributed by atoms with Crippen molar-refractivity contribution in [2.75, 3.05) is 25.0 Å². The molecule has 10 nitrogen and oxygen atoms in total. The minimum absolute atomic E-state index is 0.0990. The van der Waals surface area contributed by atoms with Gasteiger partial charge in [-0.05, 0) is 43.0 Å². The van der Waals surface area contributed by atoms with E-state index in [4.69, 9.17) is 9.15 Å². The van der Waals surface area contributed by atoms with E-state index in [0.717, 1.165) is 11.8 Å². The van der Waals surface area contributed by atoms with Crippen LogP contribution in [0.5, 0.6) is 5.75 Å². The first kappa shape index (κ1) is 25.1. The predicted octanol–water partition coefficient (Wildman–Crippen LogP) is 4.69. The van der Waals surface area contributed by atoms with Gasteiger partial charge < -0.3 is 34.5 Å². The first-order chi connectivity index (χ1) is 18.7. The SMILES string of the molecule is CCOC(=O)c1[nH]cc2c1NC1=C(C(=O)CNC1)C2c1ccc(Sc2nc3ccc(OC(F)(F)F)cc3[nH]2)o1. The van der Waals surface area contributed by atoms with E-state index in [0.29, 0.717) is 56.1 Å². The number of Topliss-reactive ketones (excluding diaryl/α,β-unsaturated/α-hetero) is 1. The Labute approximate surface area is 222 Å². The lowest BCUT2D eigenvalue weighted by Crippen LogP contribution is -2.39. The van der Waals surface area contributed by atoms with Crippen LogP contribution in [0.1, 0.15) is 34.7 Å². The Bertz CT molecular complexity index is 1640. The van der Waals surface area contributed by atoms with Crippen LogP contribution >= 0.6 is 11.8 Å². The van der Waals surface area contributed by atoms with Gasteiger partial charge in [0.05, 0.1) is 35.8 Å². The van der Waals surface area contributed by atoms with Gasteiger partial charge in [0.1, 0.15) is 17.2 Å². The van der Waals surface area contributed by atoms with E-state index in [1.165, 1.54) is 18.2 Å². The number of H-pyrrole nitrogens is 2. The van der Waals surface area contributed by atoms with Gasteiger partial charge in [0.2, 0.25) is 0 Å². The minimum Gasteiger partial charge on any atom is -0.461 e. The molecule has 0 amide bonds. The van der Waals surface area contributed by atoms with Gasteiger partial charge >= 0.3 is 12.3 Å². The summed E-state index contributed by atoms with van der Waals surface area (Å²) in [6.45, 7) is 2.50. The third kappa shape index (κ3) is 4.76. The van der Waals surface area contributed by atoms with Crippen molar-refractivity contribution in [3.63, 3.8) is 0 Å². The Morgan fingerprint density at radius 1 is 1.23 bits per heavy atom. The van der Waals surface area contributed by atoms with Gasteiger partial charge in [0.15, 0.2) is 16.0 Å². The molecule has 0 aliphatic carbocycles. The highest BCUT2D eigenvalue weighted by atomic mass is 32.2. The lowest BCUT2D eigenvalue weighted by Gasteiger charge is -2.31. The van der Waals surface area contributed by atoms with Gasteiger partial charge in [-0.25, -0.2) is 9.78 Å². The number of nitrogens with zero attached hydrogens (tertiary/aromatic N) is 1. The number of benzene rings is 1. The number of rotatable bonds is 6. The summed E-state index contributed by atoms with van der Waals surface area (Å²) in [7, 11) is 0. The Hall–Kier alpha value is -4.17. The van der Waals surface area contributed by atoms with Gasteiger partial charge in [0.25, 0.3) is 0 Å². The Morgan fingerprint density at radius 2 is 2.08 bits per heavy atom. The summed E-state index contributed by atoms with van der Waals surface area (Å²) in [5, 5.41) is 7.11. The van der Waals surface area contributed by atoms with Gasteiger partial charge in [-0.15, -0.1) is 13.2 Å². The predicted molar refractivity (Wildman–Crippen MR) is 133 cm³/mol. The Balaban J connectivity index is 1.31. The molecule has 4 aromatic rings. The average molecular weight is 560 g/mol. The van der Waals surface area contributed by atoms with Gasteiger partial charge in [-0.3, -0.25) is 4.79 Å². The second-order valence-electron chi connectivity index (χ2n) is 8.72. The fourth-order valence-corrected chi connectivity index (χ4v) is 5.49. The van der Waals surface area contributed by atoms with E-state index in [1.807, 2.05) is 0 Å². The molecule has 2 aliphatic rings. The van der Waals surface area contributed by atoms with Crippen LogP contribution in [0.4, 0.5) is 18.9 Å². The highest BCUT2D eigenvalue weighted by Crippen LogP contribution is 2.45. The summed E-state index contributed by atoms with van der Waals surface area (Å²) in [5.74, 6) is -1.07. The highest BCUT2D eigenvalue weighted by Gasteiger charge is 2.39. The monoisotopic (exact) mass is 559 g/mol. The van der Waals surface area contributed by atoms with Crippen molar-refractivity contribution in [3.8, 4) is 5.75 Å². The fraction of sp³-hybridized carbons (Fsp3) is 0.240. The molecule has 2 aliphatic heterocycles. The Morgan fingerprint density at radius 3 is 2.87 bits per heavy atom. The number of halogens is 3. The largest absolute Gasteiger partial charge is 0.573 e. The van der Waals surface area contributed by atoms with Crippen LogP contribution in [0.15, 0.2) is 62.5 Å². The van der Waals surface area contributed by atoms with Crippen molar-refractivity contribution in [2.45, 2.75) is 29.5 Å². The lowest BCUT2D eigenvalue weighted by atomic mass is 9.82. The van der Waals surface area contributed by atoms with Crippen LogP contribution < -0.4 is 15.4 Å². The van der Waals surface area contributed by atoms with E-state index >= 15 is 0 Å². The van der Waals surface area contributed by atoms with E-state index < -0.39 is 18.2 Å². The van der Waals surface area contributed by atoms with Crippen molar-refractivity contribution in [3.05, 3.63) is 64.8 Å².